The number of rotatable bonds is 5. The van der Waals surface area contributed by atoms with E-state index in [1.54, 1.807) is 0 Å². The molecule has 1 fully saturated rings. The normalized spacial score (nSPS) is 21.4. The molecule has 2 atom stereocenters. The highest BCUT2D eigenvalue weighted by atomic mass is 19.1. The number of H-pyrrole nitrogens is 1. The van der Waals surface area contributed by atoms with Crippen LogP contribution in [0.15, 0.2) is 42.5 Å². The van der Waals surface area contributed by atoms with Gasteiger partial charge in [-0.2, -0.15) is 5.26 Å². The zero-order valence-electron chi connectivity index (χ0n) is 19.1. The van der Waals surface area contributed by atoms with Crippen LogP contribution in [-0.2, 0) is 16.0 Å². The van der Waals surface area contributed by atoms with Crippen LogP contribution in [-0.4, -0.2) is 35.5 Å². The van der Waals surface area contributed by atoms with Crippen LogP contribution in [0.3, 0.4) is 0 Å². The van der Waals surface area contributed by atoms with E-state index in [1.807, 2.05) is 24.3 Å². The minimum absolute atomic E-state index is 0.0137. The molecule has 1 N–H and O–H groups in total. The summed E-state index contributed by atoms with van der Waals surface area (Å²) in [6, 6.07) is 12.0. The van der Waals surface area contributed by atoms with E-state index in [2.05, 4.69) is 27.6 Å². The largest absolute Gasteiger partial charge is 0.466 e. The minimum Gasteiger partial charge on any atom is -0.466 e. The fourth-order valence-electron chi connectivity index (χ4n) is 5.06. The van der Waals surface area contributed by atoms with Gasteiger partial charge in [0.05, 0.1) is 24.6 Å². The van der Waals surface area contributed by atoms with Gasteiger partial charge in [0.1, 0.15) is 11.6 Å². The molecule has 34 heavy (non-hydrogen) atoms. The summed E-state index contributed by atoms with van der Waals surface area (Å²) in [4.78, 5) is 16.9. The molecular formula is C27H25F2N3O2. The topological polar surface area (TPSA) is 69.1 Å². The molecule has 5 nitrogen and oxygen atoms in total. The third-order valence-electron chi connectivity index (χ3n) is 7.08. The SMILES string of the molecule is COC(=O)/C=C/c1cc(F)c([C@@H]2c3[nH]c4ccccc4c3C[C@@H](C)N2CC2(C#N)CC2)c(F)c1. The molecular weight excluding hydrogens is 436 g/mol. The molecule has 0 saturated heterocycles. The molecule has 0 bridgehead atoms. The van der Waals surface area contributed by atoms with Crippen LogP contribution in [0, 0.1) is 28.4 Å². The maximum atomic E-state index is 15.6. The quantitative estimate of drug-likeness (QED) is 0.415. The van der Waals surface area contributed by atoms with Gasteiger partial charge in [0.25, 0.3) is 0 Å². The number of methoxy groups -OCH3 is 1. The second-order valence-corrected chi connectivity index (χ2v) is 9.34. The van der Waals surface area contributed by atoms with Gasteiger partial charge in [-0.15, -0.1) is 0 Å². The predicted octanol–water partition coefficient (Wildman–Crippen LogP) is 5.27. The van der Waals surface area contributed by atoms with Gasteiger partial charge < -0.3 is 9.72 Å². The van der Waals surface area contributed by atoms with Crippen molar-refractivity contribution in [1.29, 1.82) is 5.26 Å². The van der Waals surface area contributed by atoms with Crippen LogP contribution in [0.2, 0.25) is 0 Å². The maximum Gasteiger partial charge on any atom is 0.330 e. The van der Waals surface area contributed by atoms with Crippen molar-refractivity contribution in [1.82, 2.24) is 9.88 Å². The summed E-state index contributed by atoms with van der Waals surface area (Å²) >= 11 is 0. The number of hydrogen-bond acceptors (Lipinski definition) is 4. The van der Waals surface area contributed by atoms with Crippen molar-refractivity contribution in [2.75, 3.05) is 13.7 Å². The molecule has 0 spiro atoms. The van der Waals surface area contributed by atoms with E-state index in [9.17, 15) is 10.1 Å². The molecule has 2 aromatic carbocycles. The van der Waals surface area contributed by atoms with Gasteiger partial charge in [0.2, 0.25) is 0 Å². The molecule has 2 heterocycles. The Kier molecular flexibility index (Phi) is 5.49. The lowest BCUT2D eigenvalue weighted by atomic mass is 9.86. The Morgan fingerprint density at radius 1 is 1.29 bits per heavy atom. The second-order valence-electron chi connectivity index (χ2n) is 9.34. The van der Waals surface area contributed by atoms with Gasteiger partial charge in [-0.1, -0.05) is 18.2 Å². The summed E-state index contributed by atoms with van der Waals surface area (Å²) in [6.45, 7) is 2.50. The molecule has 2 aliphatic rings. The third kappa shape index (κ3) is 3.78. The monoisotopic (exact) mass is 461 g/mol. The minimum atomic E-state index is -0.699. The third-order valence-corrected chi connectivity index (χ3v) is 7.08. The van der Waals surface area contributed by atoms with Crippen molar-refractivity contribution in [3.8, 4) is 6.07 Å². The van der Waals surface area contributed by atoms with Crippen molar-refractivity contribution in [2.45, 2.75) is 38.3 Å². The van der Waals surface area contributed by atoms with Gasteiger partial charge in [0.15, 0.2) is 0 Å². The number of nitrogens with zero attached hydrogens (tertiary/aromatic N) is 2. The highest BCUT2D eigenvalue weighted by Gasteiger charge is 2.49. The van der Waals surface area contributed by atoms with Crippen LogP contribution in [0.25, 0.3) is 17.0 Å². The summed E-state index contributed by atoms with van der Waals surface area (Å²) in [5.41, 5.74) is 2.46. The number of para-hydroxylation sites is 1. The first kappa shape index (κ1) is 22.3. The lowest BCUT2D eigenvalue weighted by Crippen LogP contribution is -2.46. The van der Waals surface area contributed by atoms with Crippen molar-refractivity contribution in [3.05, 3.63) is 76.5 Å². The standard InChI is InChI=1S/C27H25F2N3O2/c1-16-11-19-18-5-3-4-6-22(18)31-25(19)26(32(16)15-27(14-30)9-10-27)24-20(28)12-17(13-21(24)29)7-8-23(33)34-2/h3-8,12-13,16,26,31H,9-11,15H2,1-2H3/b8-7+/t16-,26-/m1/s1. The molecule has 1 aliphatic heterocycles. The average Bonchev–Trinajstić information content (AvgIpc) is 3.51. The Labute approximate surface area is 196 Å². The first-order valence-electron chi connectivity index (χ1n) is 11.4. The number of esters is 1. The fourth-order valence-corrected chi connectivity index (χ4v) is 5.06. The molecule has 1 saturated carbocycles. The van der Waals surface area contributed by atoms with Crippen molar-refractivity contribution in [2.24, 2.45) is 5.41 Å². The number of carbonyl (C=O) groups is 1. The van der Waals surface area contributed by atoms with Crippen LogP contribution < -0.4 is 0 Å². The lowest BCUT2D eigenvalue weighted by Gasteiger charge is -2.42. The molecule has 0 amide bonds. The molecule has 7 heteroatoms. The summed E-state index contributed by atoms with van der Waals surface area (Å²) in [5.74, 6) is -1.99. The van der Waals surface area contributed by atoms with Crippen molar-refractivity contribution < 1.29 is 18.3 Å². The Balaban J connectivity index is 1.65. The number of halogens is 2. The van der Waals surface area contributed by atoms with Gasteiger partial charge in [-0.05, 0) is 61.6 Å². The molecule has 3 aromatic rings. The number of aromatic nitrogens is 1. The number of ether oxygens (including phenoxy) is 1. The Morgan fingerprint density at radius 3 is 2.65 bits per heavy atom. The van der Waals surface area contributed by atoms with Gasteiger partial charge in [0, 0.05) is 40.8 Å². The second kappa shape index (κ2) is 8.37. The van der Waals surface area contributed by atoms with E-state index >= 15 is 8.78 Å². The van der Waals surface area contributed by atoms with Crippen molar-refractivity contribution in [3.63, 3.8) is 0 Å². The summed E-state index contributed by atoms with van der Waals surface area (Å²) in [5, 5.41) is 10.8. The number of aromatic amines is 1. The molecule has 174 valence electrons. The van der Waals surface area contributed by atoms with E-state index in [0.29, 0.717) is 6.54 Å². The number of nitrogens with one attached hydrogen (secondary N) is 1. The number of benzene rings is 2. The van der Waals surface area contributed by atoms with Crippen molar-refractivity contribution >= 4 is 22.9 Å². The Morgan fingerprint density at radius 2 is 2.00 bits per heavy atom. The Bertz CT molecular complexity index is 1330. The Hall–Kier alpha value is -3.50. The van der Waals surface area contributed by atoms with Gasteiger partial charge >= 0.3 is 5.97 Å². The fraction of sp³-hybridized carbons (Fsp3) is 0.333. The molecule has 0 unspecified atom stereocenters. The van der Waals surface area contributed by atoms with E-state index in [4.69, 9.17) is 0 Å². The maximum absolute atomic E-state index is 15.6. The highest BCUT2D eigenvalue weighted by Crippen LogP contribution is 2.50. The average molecular weight is 462 g/mol. The zero-order chi connectivity index (χ0) is 24.0. The zero-order valence-corrected chi connectivity index (χ0v) is 19.1. The first-order chi connectivity index (χ1) is 16.4. The van der Waals surface area contributed by atoms with E-state index in [-0.39, 0.29) is 17.2 Å². The van der Waals surface area contributed by atoms with Crippen LogP contribution >= 0.6 is 0 Å². The number of nitriles is 1. The highest BCUT2D eigenvalue weighted by molar-refractivity contribution is 5.87. The van der Waals surface area contributed by atoms with Gasteiger partial charge in [-0.3, -0.25) is 4.90 Å². The molecule has 1 aliphatic carbocycles. The predicted molar refractivity (Wildman–Crippen MR) is 125 cm³/mol. The summed E-state index contributed by atoms with van der Waals surface area (Å²) < 4.78 is 35.7. The van der Waals surface area contributed by atoms with Gasteiger partial charge in [-0.25, -0.2) is 13.6 Å². The van der Waals surface area contributed by atoms with E-state index < -0.39 is 29.1 Å². The van der Waals surface area contributed by atoms with Crippen LogP contribution in [0.5, 0.6) is 0 Å². The van der Waals surface area contributed by atoms with Crippen LogP contribution in [0.4, 0.5) is 8.78 Å². The molecule has 5 rings (SSSR count). The first-order valence-corrected chi connectivity index (χ1v) is 11.4. The molecule has 1 aromatic heterocycles. The smallest absolute Gasteiger partial charge is 0.330 e. The van der Waals surface area contributed by atoms with Crippen LogP contribution in [0.1, 0.15) is 48.2 Å². The lowest BCUT2D eigenvalue weighted by molar-refractivity contribution is -0.134. The van der Waals surface area contributed by atoms with E-state index in [0.717, 1.165) is 47.5 Å². The number of carbonyl (C=O) groups excluding carboxylic acids is 1. The number of fused-ring (bicyclic) bond motifs is 3. The summed E-state index contributed by atoms with van der Waals surface area (Å²) in [7, 11) is 1.24. The van der Waals surface area contributed by atoms with E-state index in [1.165, 1.54) is 25.3 Å². The molecule has 0 radical (unpaired) electrons. The summed E-state index contributed by atoms with van der Waals surface area (Å²) in [6.07, 6.45) is 4.76. The number of hydrogen-bond donors (Lipinski definition) is 1.